The molecule has 1 N–H and O–H groups in total. The summed E-state index contributed by atoms with van der Waals surface area (Å²) in [6.07, 6.45) is 6.03. The molecular weight excluding hydrogens is 328 g/mol. The maximum atomic E-state index is 12.4. The van der Waals surface area contributed by atoms with Gasteiger partial charge in [0.25, 0.3) is 5.91 Å². The monoisotopic (exact) mass is 342 g/mol. The maximum Gasteiger partial charge on any atom is 0.258 e. The van der Waals surface area contributed by atoms with Crippen LogP contribution < -0.4 is 5.32 Å². The van der Waals surface area contributed by atoms with Crippen LogP contribution in [0.25, 0.3) is 22.7 Å². The third-order valence-corrected chi connectivity index (χ3v) is 3.78. The predicted molar refractivity (Wildman–Crippen MR) is 97.4 cm³/mol. The van der Waals surface area contributed by atoms with Crippen LogP contribution in [0.1, 0.15) is 10.4 Å². The fourth-order valence-electron chi connectivity index (χ4n) is 2.49. The van der Waals surface area contributed by atoms with E-state index < -0.39 is 0 Å². The van der Waals surface area contributed by atoms with Crippen LogP contribution >= 0.6 is 0 Å². The number of hydrogen-bond donors (Lipinski definition) is 1. The summed E-state index contributed by atoms with van der Waals surface area (Å²) in [4.78, 5) is 24.9. The summed E-state index contributed by atoms with van der Waals surface area (Å²) in [7, 11) is 0. The number of carbonyl (C=O) groups is 1. The Morgan fingerprint density at radius 2 is 1.65 bits per heavy atom. The third-order valence-electron chi connectivity index (χ3n) is 3.78. The van der Waals surface area contributed by atoms with Gasteiger partial charge in [-0.25, -0.2) is 15.0 Å². The minimum Gasteiger partial charge on any atom is -0.444 e. The largest absolute Gasteiger partial charge is 0.444 e. The number of hydrogen-bond acceptors (Lipinski definition) is 5. The summed E-state index contributed by atoms with van der Waals surface area (Å²) in [6.45, 7) is 0. The van der Waals surface area contributed by atoms with E-state index in [4.69, 9.17) is 4.42 Å². The molecule has 6 heteroatoms. The predicted octanol–water partition coefficient (Wildman–Crippen LogP) is 4.05. The highest BCUT2D eigenvalue weighted by atomic mass is 16.3. The Morgan fingerprint density at radius 1 is 0.885 bits per heavy atom. The lowest BCUT2D eigenvalue weighted by Gasteiger charge is -2.07. The molecule has 0 radical (unpaired) electrons. The second-order valence-electron chi connectivity index (χ2n) is 5.56. The van der Waals surface area contributed by atoms with Crippen molar-refractivity contribution in [1.82, 2.24) is 15.0 Å². The van der Waals surface area contributed by atoms with Crippen LogP contribution in [0.15, 0.2) is 84.0 Å². The maximum absolute atomic E-state index is 12.4. The Kier molecular flexibility index (Phi) is 4.22. The van der Waals surface area contributed by atoms with Gasteiger partial charge < -0.3 is 9.73 Å². The summed E-state index contributed by atoms with van der Waals surface area (Å²) in [5.74, 6) is 0.936. The average molecular weight is 342 g/mol. The molecule has 0 spiro atoms. The third kappa shape index (κ3) is 3.34. The molecule has 0 fully saturated rings. The molecule has 2 aromatic heterocycles. The summed E-state index contributed by atoms with van der Waals surface area (Å²) in [6, 6.07) is 16.9. The van der Waals surface area contributed by atoms with Crippen LogP contribution in [-0.2, 0) is 0 Å². The van der Waals surface area contributed by atoms with E-state index in [9.17, 15) is 4.79 Å². The van der Waals surface area contributed by atoms with Gasteiger partial charge in [-0.15, -0.1) is 0 Å². The highest BCUT2D eigenvalue weighted by Crippen LogP contribution is 2.22. The number of carbonyl (C=O) groups excluding carboxylic acids is 1. The summed E-state index contributed by atoms with van der Waals surface area (Å²) in [5.41, 5.74) is 2.76. The number of nitrogens with one attached hydrogen (secondary N) is 1. The number of rotatable bonds is 4. The average Bonchev–Trinajstić information content (AvgIpc) is 3.24. The van der Waals surface area contributed by atoms with E-state index in [1.807, 2.05) is 48.5 Å². The van der Waals surface area contributed by atoms with Crippen molar-refractivity contribution in [2.45, 2.75) is 0 Å². The fraction of sp³-hybridized carbons (Fsp3) is 0. The molecule has 6 nitrogen and oxygen atoms in total. The van der Waals surface area contributed by atoms with E-state index in [-0.39, 0.29) is 5.91 Å². The van der Waals surface area contributed by atoms with Crippen molar-refractivity contribution in [1.29, 1.82) is 0 Å². The molecule has 126 valence electrons. The van der Waals surface area contributed by atoms with Gasteiger partial charge in [0.2, 0.25) is 0 Å². The van der Waals surface area contributed by atoms with Crippen LogP contribution in [-0.4, -0.2) is 20.9 Å². The molecule has 0 aliphatic rings. The Balaban J connectivity index is 1.51. The zero-order valence-corrected chi connectivity index (χ0v) is 13.7. The quantitative estimate of drug-likeness (QED) is 0.605. The molecule has 0 atom stereocenters. The standard InChI is InChI=1S/C20H14N4O2/c25-20(16-10-22-19(23-11-16)14-5-2-1-3-6-14)24-17-8-4-7-15(9-17)18-12-21-13-26-18/h1-13H,(H,24,25). The van der Waals surface area contributed by atoms with Crippen LogP contribution in [0.3, 0.4) is 0 Å². The second-order valence-corrected chi connectivity index (χ2v) is 5.56. The zero-order valence-electron chi connectivity index (χ0n) is 13.7. The molecular formula is C20H14N4O2. The Morgan fingerprint density at radius 3 is 2.38 bits per heavy atom. The van der Waals surface area contributed by atoms with Gasteiger partial charge in [-0.3, -0.25) is 4.79 Å². The Hall–Kier alpha value is -3.80. The fourth-order valence-corrected chi connectivity index (χ4v) is 2.49. The van der Waals surface area contributed by atoms with E-state index in [2.05, 4.69) is 20.3 Å². The van der Waals surface area contributed by atoms with Gasteiger partial charge in [-0.05, 0) is 12.1 Å². The van der Waals surface area contributed by atoms with E-state index in [1.54, 1.807) is 12.3 Å². The van der Waals surface area contributed by atoms with E-state index in [1.165, 1.54) is 18.8 Å². The van der Waals surface area contributed by atoms with E-state index in [0.29, 0.717) is 22.8 Å². The molecule has 0 aliphatic carbocycles. The number of benzene rings is 2. The minimum absolute atomic E-state index is 0.278. The Labute approximate surface area is 149 Å². The van der Waals surface area contributed by atoms with Crippen molar-refractivity contribution in [3.05, 3.63) is 85.1 Å². The molecule has 4 rings (SSSR count). The van der Waals surface area contributed by atoms with Gasteiger partial charge in [-0.2, -0.15) is 0 Å². The first kappa shape index (κ1) is 15.7. The summed E-state index contributed by atoms with van der Waals surface area (Å²) in [5, 5.41) is 2.84. The van der Waals surface area contributed by atoms with Gasteiger partial charge in [-0.1, -0.05) is 42.5 Å². The lowest BCUT2D eigenvalue weighted by Crippen LogP contribution is -2.12. The van der Waals surface area contributed by atoms with Gasteiger partial charge in [0.1, 0.15) is 0 Å². The highest BCUT2D eigenvalue weighted by Gasteiger charge is 2.10. The zero-order chi connectivity index (χ0) is 17.8. The number of aromatic nitrogens is 3. The SMILES string of the molecule is O=C(Nc1cccc(-c2cnco2)c1)c1cnc(-c2ccccc2)nc1. The molecule has 0 unspecified atom stereocenters. The molecule has 0 saturated heterocycles. The first-order valence-corrected chi connectivity index (χ1v) is 7.97. The molecule has 2 aromatic carbocycles. The van der Waals surface area contributed by atoms with E-state index in [0.717, 1.165) is 11.1 Å². The van der Waals surface area contributed by atoms with Gasteiger partial charge in [0, 0.05) is 29.2 Å². The van der Waals surface area contributed by atoms with Crippen molar-refractivity contribution in [3.63, 3.8) is 0 Å². The van der Waals surface area contributed by atoms with Crippen molar-refractivity contribution >= 4 is 11.6 Å². The molecule has 0 saturated carbocycles. The number of anilines is 1. The molecule has 1 amide bonds. The van der Waals surface area contributed by atoms with E-state index >= 15 is 0 Å². The van der Waals surface area contributed by atoms with Gasteiger partial charge >= 0.3 is 0 Å². The van der Waals surface area contributed by atoms with Crippen LogP contribution in [0.2, 0.25) is 0 Å². The van der Waals surface area contributed by atoms with Gasteiger partial charge in [0.05, 0.1) is 11.8 Å². The molecule has 0 aliphatic heterocycles. The number of oxazole rings is 1. The minimum atomic E-state index is -0.278. The van der Waals surface area contributed by atoms with Crippen molar-refractivity contribution in [2.24, 2.45) is 0 Å². The summed E-state index contributed by atoms with van der Waals surface area (Å²) < 4.78 is 5.28. The lowest BCUT2D eigenvalue weighted by atomic mass is 10.1. The number of amides is 1. The molecule has 0 bridgehead atoms. The van der Waals surface area contributed by atoms with Crippen molar-refractivity contribution < 1.29 is 9.21 Å². The number of nitrogens with zero attached hydrogens (tertiary/aromatic N) is 3. The first-order valence-electron chi connectivity index (χ1n) is 7.97. The lowest BCUT2D eigenvalue weighted by molar-refractivity contribution is 0.102. The highest BCUT2D eigenvalue weighted by molar-refractivity contribution is 6.04. The Bertz CT molecular complexity index is 1010. The van der Waals surface area contributed by atoms with Crippen molar-refractivity contribution in [2.75, 3.05) is 5.32 Å². The first-order chi connectivity index (χ1) is 12.8. The molecule has 26 heavy (non-hydrogen) atoms. The molecule has 4 aromatic rings. The molecule has 2 heterocycles. The van der Waals surface area contributed by atoms with Crippen LogP contribution in [0, 0.1) is 0 Å². The van der Waals surface area contributed by atoms with Crippen molar-refractivity contribution in [3.8, 4) is 22.7 Å². The second kappa shape index (κ2) is 6.98. The van der Waals surface area contributed by atoms with Crippen LogP contribution in [0.5, 0.6) is 0 Å². The summed E-state index contributed by atoms with van der Waals surface area (Å²) >= 11 is 0. The smallest absolute Gasteiger partial charge is 0.258 e. The normalized spacial score (nSPS) is 10.5. The topological polar surface area (TPSA) is 80.9 Å². The van der Waals surface area contributed by atoms with Gasteiger partial charge in [0.15, 0.2) is 18.0 Å². The van der Waals surface area contributed by atoms with Crippen LogP contribution in [0.4, 0.5) is 5.69 Å².